The normalized spacial score (nSPS) is 19.5. The maximum absolute atomic E-state index is 11.8. The number of benzene rings is 1. The van der Waals surface area contributed by atoms with Crippen LogP contribution in [0.3, 0.4) is 0 Å². The van der Waals surface area contributed by atoms with Crippen LogP contribution in [-0.2, 0) is 16.1 Å². The lowest BCUT2D eigenvalue weighted by molar-refractivity contribution is -0.132. The summed E-state index contributed by atoms with van der Waals surface area (Å²) < 4.78 is 0. The first-order valence-corrected chi connectivity index (χ1v) is 6.49. The van der Waals surface area contributed by atoms with Gasteiger partial charge >= 0.3 is 0 Å². The summed E-state index contributed by atoms with van der Waals surface area (Å²) in [6, 6.07) is 7.67. The second kappa shape index (κ2) is 5.84. The summed E-state index contributed by atoms with van der Waals surface area (Å²) in [6.45, 7) is 2.98. The van der Waals surface area contributed by atoms with Gasteiger partial charge in [0.15, 0.2) is 0 Å². The molecule has 2 rings (SSSR count). The summed E-state index contributed by atoms with van der Waals surface area (Å²) >= 11 is 0. The van der Waals surface area contributed by atoms with Gasteiger partial charge in [-0.25, -0.2) is 0 Å². The Bertz CT molecular complexity index is 470. The van der Waals surface area contributed by atoms with Gasteiger partial charge in [0.2, 0.25) is 11.8 Å². The van der Waals surface area contributed by atoms with Gasteiger partial charge in [-0.3, -0.25) is 14.9 Å². The molecule has 19 heavy (non-hydrogen) atoms. The van der Waals surface area contributed by atoms with E-state index in [0.717, 1.165) is 12.2 Å². The van der Waals surface area contributed by atoms with Crippen LogP contribution in [0.15, 0.2) is 24.3 Å². The third kappa shape index (κ3) is 2.93. The first-order valence-electron chi connectivity index (χ1n) is 6.49. The monoisotopic (exact) mass is 261 g/mol. The SMILES string of the molecule is CCC1C(=O)NC(=O)CN1c1ccc(CNC)cc1. The van der Waals surface area contributed by atoms with Gasteiger partial charge in [0.05, 0.1) is 6.54 Å². The van der Waals surface area contributed by atoms with Crippen molar-refractivity contribution in [1.82, 2.24) is 10.6 Å². The Morgan fingerprint density at radius 1 is 1.32 bits per heavy atom. The van der Waals surface area contributed by atoms with Crippen molar-refractivity contribution < 1.29 is 9.59 Å². The molecule has 1 aromatic rings. The molecule has 5 heteroatoms. The van der Waals surface area contributed by atoms with Crippen molar-refractivity contribution in [2.45, 2.75) is 25.9 Å². The molecule has 1 heterocycles. The fourth-order valence-corrected chi connectivity index (χ4v) is 2.35. The highest BCUT2D eigenvalue weighted by Crippen LogP contribution is 2.21. The predicted octanol–water partition coefficient (Wildman–Crippen LogP) is 0.647. The Kier molecular flexibility index (Phi) is 4.16. The van der Waals surface area contributed by atoms with Crippen LogP contribution in [0.2, 0.25) is 0 Å². The lowest BCUT2D eigenvalue weighted by atomic mass is 10.1. The molecule has 1 unspecified atom stereocenters. The average molecular weight is 261 g/mol. The molecule has 0 radical (unpaired) electrons. The summed E-state index contributed by atoms with van der Waals surface area (Å²) in [5, 5.41) is 5.47. The van der Waals surface area contributed by atoms with Crippen molar-refractivity contribution in [2.24, 2.45) is 0 Å². The molecule has 1 aromatic carbocycles. The van der Waals surface area contributed by atoms with Gasteiger partial charge in [-0.2, -0.15) is 0 Å². The van der Waals surface area contributed by atoms with Crippen LogP contribution < -0.4 is 15.5 Å². The zero-order chi connectivity index (χ0) is 13.8. The molecule has 0 bridgehead atoms. The van der Waals surface area contributed by atoms with Crippen molar-refractivity contribution in [3.8, 4) is 0 Å². The predicted molar refractivity (Wildman–Crippen MR) is 73.8 cm³/mol. The van der Waals surface area contributed by atoms with Crippen LogP contribution in [0, 0.1) is 0 Å². The van der Waals surface area contributed by atoms with E-state index in [0.29, 0.717) is 6.42 Å². The molecule has 1 saturated heterocycles. The molecule has 0 spiro atoms. The van der Waals surface area contributed by atoms with Crippen molar-refractivity contribution in [2.75, 3.05) is 18.5 Å². The first-order chi connectivity index (χ1) is 9.15. The van der Waals surface area contributed by atoms with Crippen LogP contribution in [0.4, 0.5) is 5.69 Å². The van der Waals surface area contributed by atoms with E-state index in [2.05, 4.69) is 10.6 Å². The molecule has 102 valence electrons. The fraction of sp³-hybridized carbons (Fsp3) is 0.429. The van der Waals surface area contributed by atoms with Crippen molar-refractivity contribution in [3.63, 3.8) is 0 Å². The zero-order valence-electron chi connectivity index (χ0n) is 11.3. The number of anilines is 1. The van der Waals surface area contributed by atoms with E-state index in [1.807, 2.05) is 43.1 Å². The Morgan fingerprint density at radius 3 is 2.58 bits per heavy atom. The van der Waals surface area contributed by atoms with Gasteiger partial charge in [0, 0.05) is 12.2 Å². The molecule has 0 saturated carbocycles. The third-order valence-electron chi connectivity index (χ3n) is 3.29. The number of hydrogen-bond donors (Lipinski definition) is 2. The van der Waals surface area contributed by atoms with E-state index in [1.54, 1.807) is 0 Å². The van der Waals surface area contributed by atoms with Crippen molar-refractivity contribution in [1.29, 1.82) is 0 Å². The summed E-state index contributed by atoms with van der Waals surface area (Å²) in [4.78, 5) is 25.2. The molecular formula is C14H19N3O2. The van der Waals surface area contributed by atoms with E-state index < -0.39 is 0 Å². The molecule has 0 aromatic heterocycles. The fourth-order valence-electron chi connectivity index (χ4n) is 2.35. The number of rotatable bonds is 4. The molecule has 1 atom stereocenters. The quantitative estimate of drug-likeness (QED) is 0.781. The Balaban J connectivity index is 2.22. The molecule has 1 aliphatic rings. The highest BCUT2D eigenvalue weighted by molar-refractivity contribution is 6.04. The molecule has 1 aliphatic heterocycles. The Hall–Kier alpha value is -1.88. The smallest absolute Gasteiger partial charge is 0.249 e. The summed E-state index contributed by atoms with van der Waals surface area (Å²) in [5.41, 5.74) is 2.09. The minimum Gasteiger partial charge on any atom is -0.350 e. The van der Waals surface area contributed by atoms with Gasteiger partial charge in [-0.15, -0.1) is 0 Å². The number of carbonyl (C=O) groups excluding carboxylic acids is 2. The van der Waals surface area contributed by atoms with Gasteiger partial charge in [-0.1, -0.05) is 19.1 Å². The number of piperazine rings is 1. The van der Waals surface area contributed by atoms with Crippen LogP contribution >= 0.6 is 0 Å². The molecule has 1 fully saturated rings. The highest BCUT2D eigenvalue weighted by atomic mass is 16.2. The number of imide groups is 1. The number of nitrogens with one attached hydrogen (secondary N) is 2. The lowest BCUT2D eigenvalue weighted by Gasteiger charge is -2.35. The molecular weight excluding hydrogens is 242 g/mol. The topological polar surface area (TPSA) is 61.4 Å². The van der Waals surface area contributed by atoms with Gasteiger partial charge in [0.1, 0.15) is 6.04 Å². The Labute approximate surface area is 113 Å². The van der Waals surface area contributed by atoms with Crippen LogP contribution in [0.1, 0.15) is 18.9 Å². The van der Waals surface area contributed by atoms with Crippen molar-refractivity contribution >= 4 is 17.5 Å². The zero-order valence-corrected chi connectivity index (χ0v) is 11.3. The van der Waals surface area contributed by atoms with Crippen LogP contribution in [0.5, 0.6) is 0 Å². The standard InChI is InChI=1S/C14H19N3O2/c1-3-12-14(19)16-13(18)9-17(12)11-6-4-10(5-7-11)8-15-2/h4-7,12,15H,3,8-9H2,1-2H3,(H,16,18,19). The average Bonchev–Trinajstić information content (AvgIpc) is 2.39. The van der Waals surface area contributed by atoms with Crippen LogP contribution in [0.25, 0.3) is 0 Å². The third-order valence-corrected chi connectivity index (χ3v) is 3.29. The first kappa shape index (κ1) is 13.5. The van der Waals surface area contributed by atoms with E-state index in [1.165, 1.54) is 5.56 Å². The second-order valence-corrected chi connectivity index (χ2v) is 4.66. The maximum atomic E-state index is 11.8. The molecule has 2 amide bonds. The van der Waals surface area contributed by atoms with E-state index in [4.69, 9.17) is 0 Å². The summed E-state index contributed by atoms with van der Waals surface area (Å²) in [5.74, 6) is -0.452. The van der Waals surface area contributed by atoms with E-state index in [9.17, 15) is 9.59 Å². The summed E-state index contributed by atoms with van der Waals surface area (Å²) in [6.07, 6.45) is 0.678. The highest BCUT2D eigenvalue weighted by Gasteiger charge is 2.32. The summed E-state index contributed by atoms with van der Waals surface area (Å²) in [7, 11) is 1.90. The molecule has 5 nitrogen and oxygen atoms in total. The van der Waals surface area contributed by atoms with Crippen molar-refractivity contribution in [3.05, 3.63) is 29.8 Å². The maximum Gasteiger partial charge on any atom is 0.249 e. The minimum atomic E-state index is -0.271. The Morgan fingerprint density at radius 2 is 2.00 bits per heavy atom. The number of carbonyl (C=O) groups is 2. The van der Waals surface area contributed by atoms with Gasteiger partial charge in [0.25, 0.3) is 0 Å². The minimum absolute atomic E-state index is 0.210. The largest absolute Gasteiger partial charge is 0.350 e. The van der Waals surface area contributed by atoms with Gasteiger partial charge in [-0.05, 0) is 31.2 Å². The number of hydrogen-bond acceptors (Lipinski definition) is 4. The molecule has 2 N–H and O–H groups in total. The van der Waals surface area contributed by atoms with Gasteiger partial charge < -0.3 is 10.2 Å². The lowest BCUT2D eigenvalue weighted by Crippen LogP contribution is -2.58. The number of amides is 2. The number of nitrogens with zero attached hydrogens (tertiary/aromatic N) is 1. The van der Waals surface area contributed by atoms with E-state index >= 15 is 0 Å². The van der Waals surface area contributed by atoms with E-state index in [-0.39, 0.29) is 24.4 Å². The molecule has 0 aliphatic carbocycles. The van der Waals surface area contributed by atoms with Crippen LogP contribution in [-0.4, -0.2) is 31.4 Å². The second-order valence-electron chi connectivity index (χ2n) is 4.66.